The number of hydrogen-bond donors (Lipinski definition) is 1. The van der Waals surface area contributed by atoms with Crippen molar-refractivity contribution >= 4 is 0 Å². The van der Waals surface area contributed by atoms with Crippen LogP contribution in [-0.4, -0.2) is 21.4 Å². The molecule has 1 aromatic rings. The van der Waals surface area contributed by atoms with Crippen molar-refractivity contribution in [3.63, 3.8) is 0 Å². The zero-order chi connectivity index (χ0) is 11.0. The Morgan fingerprint density at radius 2 is 2.19 bits per heavy atom. The Balaban J connectivity index is 1.85. The Bertz CT molecular complexity index is 370. The predicted octanol–water partition coefficient (Wildman–Crippen LogP) is 1.31. The van der Waals surface area contributed by atoms with E-state index < -0.39 is 0 Å². The number of rotatable bonds is 1. The van der Waals surface area contributed by atoms with Gasteiger partial charge in [-0.15, -0.1) is 0 Å². The van der Waals surface area contributed by atoms with Gasteiger partial charge in [0.2, 0.25) is 0 Å². The third-order valence-electron chi connectivity index (χ3n) is 3.40. The van der Waals surface area contributed by atoms with Crippen LogP contribution in [0.1, 0.15) is 55.9 Å². The summed E-state index contributed by atoms with van der Waals surface area (Å²) in [6.07, 6.45) is 5.62. The molecule has 88 valence electrons. The Hall–Kier alpha value is -0.940. The maximum atomic E-state index is 6.03. The van der Waals surface area contributed by atoms with Crippen molar-refractivity contribution in [2.45, 2.75) is 50.8 Å². The van der Waals surface area contributed by atoms with E-state index in [9.17, 15) is 0 Å². The number of aryl methyl sites for hydroxylation is 1. The molecule has 0 saturated carbocycles. The van der Waals surface area contributed by atoms with Crippen molar-refractivity contribution in [1.82, 2.24) is 14.8 Å². The van der Waals surface area contributed by atoms with Crippen LogP contribution in [0.5, 0.6) is 0 Å². The van der Waals surface area contributed by atoms with E-state index in [1.165, 1.54) is 6.42 Å². The third-order valence-corrected chi connectivity index (χ3v) is 3.40. The van der Waals surface area contributed by atoms with Gasteiger partial charge in [0.25, 0.3) is 0 Å². The van der Waals surface area contributed by atoms with Crippen LogP contribution < -0.4 is 5.73 Å². The van der Waals surface area contributed by atoms with Crippen LogP contribution in [0.25, 0.3) is 0 Å². The number of fused-ring (bicyclic) bond motifs is 1. The summed E-state index contributed by atoms with van der Waals surface area (Å²) in [7, 11) is 0. The van der Waals surface area contributed by atoms with Gasteiger partial charge in [-0.25, -0.2) is 9.67 Å². The molecule has 2 aliphatic heterocycles. The summed E-state index contributed by atoms with van der Waals surface area (Å²) in [5.74, 6) is 1.78. The number of nitrogens with two attached hydrogens (primary N) is 1. The summed E-state index contributed by atoms with van der Waals surface area (Å²) in [4.78, 5) is 4.56. The normalized spacial score (nSPS) is 30.1. The molecule has 0 spiro atoms. The minimum Gasteiger partial charge on any atom is -0.370 e. The molecule has 5 nitrogen and oxygen atoms in total. The van der Waals surface area contributed by atoms with E-state index in [2.05, 4.69) is 10.1 Å². The first-order valence-electron chi connectivity index (χ1n) is 6.16. The van der Waals surface area contributed by atoms with E-state index in [0.717, 1.165) is 50.5 Å². The highest BCUT2D eigenvalue weighted by molar-refractivity contribution is 5.03. The SMILES string of the molecule is NC1CCCn2nc(C3CCCCO3)nc21. The maximum Gasteiger partial charge on any atom is 0.179 e. The molecule has 3 rings (SSSR count). The van der Waals surface area contributed by atoms with Crippen LogP contribution >= 0.6 is 0 Å². The van der Waals surface area contributed by atoms with Gasteiger partial charge in [-0.05, 0) is 32.1 Å². The smallest absolute Gasteiger partial charge is 0.179 e. The molecule has 0 radical (unpaired) electrons. The van der Waals surface area contributed by atoms with Crippen molar-refractivity contribution in [1.29, 1.82) is 0 Å². The molecular weight excluding hydrogens is 204 g/mol. The summed E-state index contributed by atoms with van der Waals surface area (Å²) in [6.45, 7) is 1.78. The molecular formula is C11H18N4O. The fourth-order valence-corrected chi connectivity index (χ4v) is 2.48. The number of ether oxygens (including phenoxy) is 1. The lowest BCUT2D eigenvalue weighted by molar-refractivity contribution is 0.00936. The van der Waals surface area contributed by atoms with Crippen LogP contribution in [0.3, 0.4) is 0 Å². The van der Waals surface area contributed by atoms with Crippen LogP contribution in [0.15, 0.2) is 0 Å². The Morgan fingerprint density at radius 1 is 1.25 bits per heavy atom. The lowest BCUT2D eigenvalue weighted by Gasteiger charge is -2.19. The Kier molecular flexibility index (Phi) is 2.65. The van der Waals surface area contributed by atoms with Crippen molar-refractivity contribution in [2.75, 3.05) is 6.61 Å². The molecule has 0 bridgehead atoms. The second-order valence-electron chi connectivity index (χ2n) is 4.66. The minimum atomic E-state index is 0.0543. The van der Waals surface area contributed by atoms with Gasteiger partial charge < -0.3 is 10.5 Å². The third kappa shape index (κ3) is 1.74. The summed E-state index contributed by atoms with van der Waals surface area (Å²) in [6, 6.07) is 0.0543. The molecule has 2 aliphatic rings. The van der Waals surface area contributed by atoms with E-state index in [-0.39, 0.29) is 12.1 Å². The van der Waals surface area contributed by atoms with Crippen LogP contribution in [0, 0.1) is 0 Å². The Morgan fingerprint density at radius 3 is 2.94 bits per heavy atom. The highest BCUT2D eigenvalue weighted by atomic mass is 16.5. The molecule has 1 saturated heterocycles. The summed E-state index contributed by atoms with van der Waals surface area (Å²) >= 11 is 0. The van der Waals surface area contributed by atoms with Gasteiger partial charge in [0, 0.05) is 13.2 Å². The molecule has 2 atom stereocenters. The fraction of sp³-hybridized carbons (Fsp3) is 0.818. The topological polar surface area (TPSA) is 66.0 Å². The second-order valence-corrected chi connectivity index (χ2v) is 4.66. The Labute approximate surface area is 95.0 Å². The van der Waals surface area contributed by atoms with Gasteiger partial charge in [-0.2, -0.15) is 5.10 Å². The maximum absolute atomic E-state index is 6.03. The molecule has 16 heavy (non-hydrogen) atoms. The van der Waals surface area contributed by atoms with Gasteiger partial charge in [0.1, 0.15) is 11.9 Å². The molecule has 3 heterocycles. The monoisotopic (exact) mass is 222 g/mol. The first-order chi connectivity index (χ1) is 7.84. The lowest BCUT2D eigenvalue weighted by Crippen LogP contribution is -2.22. The zero-order valence-electron chi connectivity index (χ0n) is 9.43. The second kappa shape index (κ2) is 4.14. The average molecular weight is 222 g/mol. The summed E-state index contributed by atoms with van der Waals surface area (Å²) in [5.41, 5.74) is 6.03. The standard InChI is InChI=1S/C11H18N4O/c12-8-4-3-6-15-11(8)13-10(14-15)9-5-1-2-7-16-9/h8-9H,1-7,12H2. The highest BCUT2D eigenvalue weighted by Gasteiger charge is 2.26. The molecule has 1 aromatic heterocycles. The van der Waals surface area contributed by atoms with E-state index in [4.69, 9.17) is 10.5 Å². The van der Waals surface area contributed by atoms with E-state index in [1.54, 1.807) is 0 Å². The van der Waals surface area contributed by atoms with Crippen molar-refractivity contribution in [3.05, 3.63) is 11.6 Å². The largest absolute Gasteiger partial charge is 0.370 e. The number of hydrogen-bond acceptors (Lipinski definition) is 4. The van der Waals surface area contributed by atoms with E-state index in [1.807, 2.05) is 4.68 Å². The highest BCUT2D eigenvalue weighted by Crippen LogP contribution is 2.28. The summed E-state index contributed by atoms with van der Waals surface area (Å²) < 4.78 is 7.66. The minimum absolute atomic E-state index is 0.0543. The van der Waals surface area contributed by atoms with Gasteiger partial charge in [0.15, 0.2) is 5.82 Å². The van der Waals surface area contributed by atoms with Gasteiger partial charge >= 0.3 is 0 Å². The average Bonchev–Trinajstić information content (AvgIpc) is 2.76. The fourth-order valence-electron chi connectivity index (χ4n) is 2.48. The molecule has 5 heteroatoms. The number of nitrogens with zero attached hydrogens (tertiary/aromatic N) is 3. The molecule has 0 aliphatic carbocycles. The van der Waals surface area contributed by atoms with Gasteiger partial charge in [-0.3, -0.25) is 0 Å². The molecule has 0 amide bonds. The lowest BCUT2D eigenvalue weighted by atomic mass is 10.1. The predicted molar refractivity (Wildman–Crippen MR) is 58.7 cm³/mol. The quantitative estimate of drug-likeness (QED) is 0.778. The first kappa shape index (κ1) is 10.2. The molecule has 2 unspecified atom stereocenters. The molecule has 1 fully saturated rings. The van der Waals surface area contributed by atoms with Crippen LogP contribution in [-0.2, 0) is 11.3 Å². The van der Waals surface area contributed by atoms with Gasteiger partial charge in [0.05, 0.1) is 6.04 Å². The summed E-state index contributed by atoms with van der Waals surface area (Å²) in [5, 5.41) is 4.53. The van der Waals surface area contributed by atoms with Crippen molar-refractivity contribution < 1.29 is 4.74 Å². The van der Waals surface area contributed by atoms with Crippen LogP contribution in [0.2, 0.25) is 0 Å². The van der Waals surface area contributed by atoms with Crippen LogP contribution in [0.4, 0.5) is 0 Å². The molecule has 2 N–H and O–H groups in total. The van der Waals surface area contributed by atoms with E-state index in [0.29, 0.717) is 0 Å². The first-order valence-corrected chi connectivity index (χ1v) is 6.16. The number of aromatic nitrogens is 3. The van der Waals surface area contributed by atoms with Crippen molar-refractivity contribution in [3.8, 4) is 0 Å². The molecule has 0 aromatic carbocycles. The van der Waals surface area contributed by atoms with E-state index >= 15 is 0 Å². The van der Waals surface area contributed by atoms with Crippen molar-refractivity contribution in [2.24, 2.45) is 5.73 Å². The van der Waals surface area contributed by atoms with Gasteiger partial charge in [-0.1, -0.05) is 0 Å². The zero-order valence-corrected chi connectivity index (χ0v) is 9.43.